The molecule has 20 heavy (non-hydrogen) atoms. The van der Waals surface area contributed by atoms with E-state index in [0.717, 1.165) is 17.8 Å². The van der Waals surface area contributed by atoms with Crippen molar-refractivity contribution >= 4 is 21.4 Å². The molecule has 1 N–H and O–H groups in total. The molecule has 0 radical (unpaired) electrons. The van der Waals surface area contributed by atoms with Gasteiger partial charge in [-0.3, -0.25) is 0 Å². The molecule has 1 aliphatic rings. The fraction of sp³-hybridized carbons (Fsp3) is 0.692. The molecular formula is C13H22N2O3S2. The molecule has 1 atom stereocenters. The molecule has 1 unspecified atom stereocenters. The fourth-order valence-electron chi connectivity index (χ4n) is 2.33. The van der Waals surface area contributed by atoms with Gasteiger partial charge in [0.05, 0.1) is 18.1 Å². The van der Waals surface area contributed by atoms with E-state index in [9.17, 15) is 8.42 Å². The van der Waals surface area contributed by atoms with Crippen molar-refractivity contribution in [2.45, 2.75) is 37.8 Å². The molecule has 7 heteroatoms. The molecular weight excluding hydrogens is 296 g/mol. The predicted octanol–water partition coefficient (Wildman–Crippen LogP) is 1.66. The average Bonchev–Trinajstić information content (AvgIpc) is 2.94. The van der Waals surface area contributed by atoms with Gasteiger partial charge in [-0.15, -0.1) is 11.3 Å². The van der Waals surface area contributed by atoms with Crippen molar-refractivity contribution in [3.05, 3.63) is 16.3 Å². The van der Waals surface area contributed by atoms with E-state index in [4.69, 9.17) is 4.74 Å². The Kier molecular flexibility index (Phi) is 5.57. The van der Waals surface area contributed by atoms with Gasteiger partial charge in [0.15, 0.2) is 0 Å². The summed E-state index contributed by atoms with van der Waals surface area (Å²) in [4.78, 5) is 1.33. The zero-order chi connectivity index (χ0) is 14.6. The SMILES string of the molecule is CCNCc1sccc1S(=O)(=O)N1CCOCC1CC. The van der Waals surface area contributed by atoms with E-state index in [1.54, 1.807) is 10.4 Å². The van der Waals surface area contributed by atoms with Crippen LogP contribution in [0, 0.1) is 0 Å². The summed E-state index contributed by atoms with van der Waals surface area (Å²) in [5, 5.41) is 5.04. The third kappa shape index (κ3) is 3.23. The van der Waals surface area contributed by atoms with Crippen LogP contribution in [0.5, 0.6) is 0 Å². The van der Waals surface area contributed by atoms with Crippen molar-refractivity contribution in [1.29, 1.82) is 0 Å². The Morgan fingerprint density at radius 2 is 2.30 bits per heavy atom. The fourth-order valence-corrected chi connectivity index (χ4v) is 5.38. The quantitative estimate of drug-likeness (QED) is 0.866. The van der Waals surface area contributed by atoms with Crippen molar-refractivity contribution in [3.8, 4) is 0 Å². The third-order valence-corrected chi connectivity index (χ3v) is 6.56. The Bertz CT molecular complexity index is 527. The molecule has 0 saturated carbocycles. The first-order chi connectivity index (χ1) is 9.61. The third-order valence-electron chi connectivity index (χ3n) is 3.47. The second-order valence-corrected chi connectivity index (χ2v) is 7.60. The van der Waals surface area contributed by atoms with Crippen LogP contribution in [0.3, 0.4) is 0 Å². The molecule has 1 aliphatic heterocycles. The highest BCUT2D eigenvalue weighted by Crippen LogP contribution is 2.28. The molecule has 114 valence electrons. The Morgan fingerprint density at radius 3 is 3.00 bits per heavy atom. The zero-order valence-electron chi connectivity index (χ0n) is 12.0. The first-order valence-corrected chi connectivity index (χ1v) is 9.29. The Labute approximate surface area is 125 Å². The number of nitrogens with one attached hydrogen (secondary N) is 1. The Hall–Kier alpha value is -0.470. The summed E-state index contributed by atoms with van der Waals surface area (Å²) < 4.78 is 32.7. The van der Waals surface area contributed by atoms with Gasteiger partial charge in [0.2, 0.25) is 10.0 Å². The number of hydrogen-bond acceptors (Lipinski definition) is 5. The molecule has 1 saturated heterocycles. The van der Waals surface area contributed by atoms with E-state index in [1.165, 1.54) is 11.3 Å². The van der Waals surface area contributed by atoms with Gasteiger partial charge in [0, 0.05) is 24.0 Å². The molecule has 5 nitrogen and oxygen atoms in total. The van der Waals surface area contributed by atoms with E-state index in [0.29, 0.717) is 31.2 Å². The molecule has 0 amide bonds. The van der Waals surface area contributed by atoms with Gasteiger partial charge in [-0.25, -0.2) is 8.42 Å². The largest absolute Gasteiger partial charge is 0.378 e. The van der Waals surface area contributed by atoms with Gasteiger partial charge in [0.25, 0.3) is 0 Å². The molecule has 1 aromatic heterocycles. The van der Waals surface area contributed by atoms with Crippen LogP contribution >= 0.6 is 11.3 Å². The number of nitrogens with zero attached hydrogens (tertiary/aromatic N) is 1. The lowest BCUT2D eigenvalue weighted by Gasteiger charge is -2.34. The molecule has 1 fully saturated rings. The number of thiophene rings is 1. The predicted molar refractivity (Wildman–Crippen MR) is 80.5 cm³/mol. The standard InChI is InChI=1S/C13H22N2O3S2/c1-3-11-10-18-7-6-15(11)20(16,17)13-5-8-19-12(13)9-14-4-2/h5,8,11,14H,3-4,6-7,9-10H2,1-2H3. The summed E-state index contributed by atoms with van der Waals surface area (Å²) in [5.41, 5.74) is 0. The second kappa shape index (κ2) is 7.00. The van der Waals surface area contributed by atoms with Gasteiger partial charge >= 0.3 is 0 Å². The van der Waals surface area contributed by atoms with Gasteiger partial charge in [-0.2, -0.15) is 4.31 Å². The monoisotopic (exact) mass is 318 g/mol. The number of hydrogen-bond donors (Lipinski definition) is 1. The summed E-state index contributed by atoms with van der Waals surface area (Å²) in [6.45, 7) is 6.84. The highest BCUT2D eigenvalue weighted by atomic mass is 32.2. The zero-order valence-corrected chi connectivity index (χ0v) is 13.6. The molecule has 2 heterocycles. The van der Waals surface area contributed by atoms with Crippen LogP contribution in [0.2, 0.25) is 0 Å². The van der Waals surface area contributed by atoms with Crippen LogP contribution < -0.4 is 5.32 Å². The number of sulfonamides is 1. The Morgan fingerprint density at radius 1 is 1.50 bits per heavy atom. The van der Waals surface area contributed by atoms with Crippen LogP contribution in [0.15, 0.2) is 16.3 Å². The second-order valence-electron chi connectivity index (χ2n) is 4.74. The molecule has 0 bridgehead atoms. The first kappa shape index (κ1) is 15.9. The van der Waals surface area contributed by atoms with Crippen molar-refractivity contribution in [3.63, 3.8) is 0 Å². The summed E-state index contributed by atoms with van der Waals surface area (Å²) >= 11 is 1.49. The van der Waals surface area contributed by atoms with Gasteiger partial charge in [-0.1, -0.05) is 13.8 Å². The van der Waals surface area contributed by atoms with Gasteiger partial charge < -0.3 is 10.1 Å². The van der Waals surface area contributed by atoms with Crippen LogP contribution in [-0.2, 0) is 21.3 Å². The molecule has 0 aliphatic carbocycles. The van der Waals surface area contributed by atoms with E-state index in [-0.39, 0.29) is 6.04 Å². The minimum atomic E-state index is -3.42. The number of morpholine rings is 1. The number of ether oxygens (including phenoxy) is 1. The minimum Gasteiger partial charge on any atom is -0.378 e. The van der Waals surface area contributed by atoms with E-state index in [2.05, 4.69) is 5.32 Å². The van der Waals surface area contributed by atoms with Crippen molar-refractivity contribution in [2.75, 3.05) is 26.3 Å². The smallest absolute Gasteiger partial charge is 0.244 e. The van der Waals surface area contributed by atoms with E-state index < -0.39 is 10.0 Å². The Balaban J connectivity index is 2.27. The highest BCUT2D eigenvalue weighted by molar-refractivity contribution is 7.89. The summed E-state index contributed by atoms with van der Waals surface area (Å²) in [6, 6.07) is 1.66. The van der Waals surface area contributed by atoms with E-state index >= 15 is 0 Å². The lowest BCUT2D eigenvalue weighted by atomic mass is 10.2. The molecule has 1 aromatic rings. The first-order valence-electron chi connectivity index (χ1n) is 6.98. The van der Waals surface area contributed by atoms with E-state index in [1.807, 2.05) is 19.2 Å². The number of rotatable bonds is 6. The topological polar surface area (TPSA) is 58.6 Å². The molecule has 2 rings (SSSR count). The maximum Gasteiger partial charge on any atom is 0.244 e. The van der Waals surface area contributed by atoms with Crippen molar-refractivity contribution in [1.82, 2.24) is 9.62 Å². The van der Waals surface area contributed by atoms with Crippen molar-refractivity contribution in [2.24, 2.45) is 0 Å². The lowest BCUT2D eigenvalue weighted by Crippen LogP contribution is -2.48. The summed E-state index contributed by atoms with van der Waals surface area (Å²) in [6.07, 6.45) is 0.770. The maximum atomic E-state index is 12.9. The minimum absolute atomic E-state index is 0.0550. The van der Waals surface area contributed by atoms with Crippen LogP contribution in [0.1, 0.15) is 25.1 Å². The van der Waals surface area contributed by atoms with Crippen molar-refractivity contribution < 1.29 is 13.2 Å². The van der Waals surface area contributed by atoms with Gasteiger partial charge in [0.1, 0.15) is 0 Å². The molecule has 0 aromatic carbocycles. The maximum absolute atomic E-state index is 12.9. The average molecular weight is 318 g/mol. The van der Waals surface area contributed by atoms with Crippen LogP contribution in [0.25, 0.3) is 0 Å². The summed E-state index contributed by atoms with van der Waals surface area (Å²) in [5.74, 6) is 0. The normalized spacial score (nSPS) is 21.2. The van der Waals surface area contributed by atoms with Gasteiger partial charge in [-0.05, 0) is 24.4 Å². The summed E-state index contributed by atoms with van der Waals surface area (Å²) in [7, 11) is -3.42. The van der Waals surface area contributed by atoms with Crippen LogP contribution in [-0.4, -0.2) is 45.1 Å². The lowest BCUT2D eigenvalue weighted by molar-refractivity contribution is 0.0314. The molecule has 0 spiro atoms. The van der Waals surface area contributed by atoms with Crippen LogP contribution in [0.4, 0.5) is 0 Å². The highest BCUT2D eigenvalue weighted by Gasteiger charge is 2.34.